The molecule has 1 fully saturated rings. The van der Waals surface area contributed by atoms with Gasteiger partial charge in [0.05, 0.1) is 5.69 Å². The molecule has 2 aromatic rings. The fourth-order valence-electron chi connectivity index (χ4n) is 2.94. The van der Waals surface area contributed by atoms with E-state index in [1.165, 1.54) is 6.92 Å². The van der Waals surface area contributed by atoms with E-state index in [-0.39, 0.29) is 17.5 Å². The van der Waals surface area contributed by atoms with Crippen LogP contribution in [0.15, 0.2) is 10.6 Å². The lowest BCUT2D eigenvalue weighted by Crippen LogP contribution is -2.49. The van der Waals surface area contributed by atoms with E-state index in [0.29, 0.717) is 43.2 Å². The fourth-order valence-corrected chi connectivity index (χ4v) is 2.94. The van der Waals surface area contributed by atoms with Gasteiger partial charge in [0, 0.05) is 32.2 Å². The van der Waals surface area contributed by atoms with Crippen molar-refractivity contribution in [2.24, 2.45) is 0 Å². The third-order valence-corrected chi connectivity index (χ3v) is 4.25. The van der Waals surface area contributed by atoms with Crippen LogP contribution in [0.1, 0.15) is 33.3 Å². The van der Waals surface area contributed by atoms with Crippen molar-refractivity contribution in [1.82, 2.24) is 20.0 Å². The molecule has 3 heterocycles. The maximum atomic E-state index is 12.9. The normalized spacial score (nSPS) is 15.5. The van der Waals surface area contributed by atoms with Crippen molar-refractivity contribution < 1.29 is 22.5 Å². The van der Waals surface area contributed by atoms with Crippen molar-refractivity contribution in [2.75, 3.05) is 31.1 Å². The minimum absolute atomic E-state index is 0.0593. The van der Waals surface area contributed by atoms with Gasteiger partial charge in [0.25, 0.3) is 5.91 Å². The van der Waals surface area contributed by atoms with Gasteiger partial charge in [0.15, 0.2) is 0 Å². The summed E-state index contributed by atoms with van der Waals surface area (Å²) in [6.45, 7) is 6.29. The number of halogens is 3. The Hall–Kier alpha value is -2.65. The van der Waals surface area contributed by atoms with E-state index < -0.39 is 11.9 Å². The van der Waals surface area contributed by atoms with Crippen molar-refractivity contribution in [3.05, 3.63) is 34.6 Å². The summed E-state index contributed by atoms with van der Waals surface area (Å²) in [6, 6.07) is 0.943. The summed E-state index contributed by atoms with van der Waals surface area (Å²) in [5.41, 5.74) is 0.00101. The molecule has 0 radical (unpaired) electrons. The average molecular weight is 369 g/mol. The highest BCUT2D eigenvalue weighted by Gasteiger charge is 2.34. The van der Waals surface area contributed by atoms with Crippen molar-refractivity contribution in [2.45, 2.75) is 26.9 Å². The Morgan fingerprint density at radius 3 is 2.31 bits per heavy atom. The molecule has 0 atom stereocenters. The SMILES string of the molecule is Cc1nc(N2CCN(C(=O)c3c(C)noc3C)CC2)cc(C(F)(F)F)n1. The lowest BCUT2D eigenvalue weighted by atomic mass is 10.1. The lowest BCUT2D eigenvalue weighted by molar-refractivity contribution is -0.141. The molecule has 0 unspecified atom stereocenters. The zero-order valence-corrected chi connectivity index (χ0v) is 14.6. The fraction of sp³-hybridized carbons (Fsp3) is 0.500. The first kappa shape index (κ1) is 18.2. The Kier molecular flexibility index (Phi) is 4.59. The van der Waals surface area contributed by atoms with Gasteiger partial charge in [0.2, 0.25) is 0 Å². The molecule has 0 bridgehead atoms. The molecule has 10 heteroatoms. The molecule has 1 aliphatic heterocycles. The predicted molar refractivity (Wildman–Crippen MR) is 85.9 cm³/mol. The monoisotopic (exact) mass is 369 g/mol. The summed E-state index contributed by atoms with van der Waals surface area (Å²) >= 11 is 0. The van der Waals surface area contributed by atoms with E-state index in [2.05, 4.69) is 15.1 Å². The van der Waals surface area contributed by atoms with E-state index in [1.807, 2.05) is 0 Å². The second-order valence-corrected chi connectivity index (χ2v) is 6.13. The Morgan fingerprint density at radius 2 is 1.77 bits per heavy atom. The Bertz CT molecular complexity index is 806. The third kappa shape index (κ3) is 3.49. The number of rotatable bonds is 2. The highest BCUT2D eigenvalue weighted by molar-refractivity contribution is 5.96. The van der Waals surface area contributed by atoms with Gasteiger partial charge in [-0.3, -0.25) is 4.79 Å². The molecular formula is C16H18F3N5O2. The van der Waals surface area contributed by atoms with Crippen molar-refractivity contribution >= 4 is 11.7 Å². The Balaban J connectivity index is 1.73. The summed E-state index contributed by atoms with van der Waals surface area (Å²) in [4.78, 5) is 23.5. The average Bonchev–Trinajstić information content (AvgIpc) is 2.92. The maximum absolute atomic E-state index is 12.9. The van der Waals surface area contributed by atoms with Crippen LogP contribution in [0.4, 0.5) is 19.0 Å². The number of anilines is 1. The molecule has 1 amide bonds. The standard InChI is InChI=1S/C16H18F3N5O2/c1-9-14(10(2)26-22-9)15(25)24-6-4-23(5-7-24)13-8-12(16(17,18)19)20-11(3)21-13/h8H,4-7H2,1-3H3. The largest absolute Gasteiger partial charge is 0.433 e. The van der Waals surface area contributed by atoms with Crippen LogP contribution in [-0.4, -0.2) is 52.1 Å². The number of nitrogens with zero attached hydrogens (tertiary/aromatic N) is 5. The van der Waals surface area contributed by atoms with E-state index in [4.69, 9.17) is 4.52 Å². The molecule has 0 saturated carbocycles. The Morgan fingerprint density at radius 1 is 1.12 bits per heavy atom. The van der Waals surface area contributed by atoms with Gasteiger partial charge in [-0.2, -0.15) is 13.2 Å². The molecule has 7 nitrogen and oxygen atoms in total. The van der Waals surface area contributed by atoms with Crippen LogP contribution in [0.3, 0.4) is 0 Å². The number of amides is 1. The van der Waals surface area contributed by atoms with Gasteiger partial charge < -0.3 is 14.3 Å². The van der Waals surface area contributed by atoms with E-state index in [1.54, 1.807) is 23.6 Å². The van der Waals surface area contributed by atoms with Gasteiger partial charge in [-0.25, -0.2) is 9.97 Å². The molecular weight excluding hydrogens is 351 g/mol. The second kappa shape index (κ2) is 6.58. The first-order valence-corrected chi connectivity index (χ1v) is 8.07. The molecule has 1 aliphatic rings. The number of carbonyl (C=O) groups is 1. The van der Waals surface area contributed by atoms with Crippen LogP contribution in [0.5, 0.6) is 0 Å². The quantitative estimate of drug-likeness (QED) is 0.809. The van der Waals surface area contributed by atoms with Crippen LogP contribution in [0.25, 0.3) is 0 Å². The molecule has 0 aromatic carbocycles. The summed E-state index contributed by atoms with van der Waals surface area (Å²) in [7, 11) is 0. The minimum atomic E-state index is -4.52. The second-order valence-electron chi connectivity index (χ2n) is 6.13. The molecule has 3 rings (SSSR count). The number of aryl methyl sites for hydroxylation is 3. The smallest absolute Gasteiger partial charge is 0.361 e. The maximum Gasteiger partial charge on any atom is 0.433 e. The summed E-state index contributed by atoms with van der Waals surface area (Å²) in [5, 5.41) is 3.78. The zero-order chi connectivity index (χ0) is 19.1. The van der Waals surface area contributed by atoms with Gasteiger partial charge in [-0.15, -0.1) is 0 Å². The highest BCUT2D eigenvalue weighted by Crippen LogP contribution is 2.30. The number of aromatic nitrogens is 3. The summed E-state index contributed by atoms with van der Waals surface area (Å²) in [5.74, 6) is 0.547. The third-order valence-electron chi connectivity index (χ3n) is 4.25. The van der Waals surface area contributed by atoms with Crippen LogP contribution in [0, 0.1) is 20.8 Å². The summed E-state index contributed by atoms with van der Waals surface area (Å²) in [6.07, 6.45) is -4.52. The molecule has 1 saturated heterocycles. The zero-order valence-electron chi connectivity index (χ0n) is 14.6. The van der Waals surface area contributed by atoms with Crippen LogP contribution in [0.2, 0.25) is 0 Å². The minimum Gasteiger partial charge on any atom is -0.361 e. The predicted octanol–water partition coefficient (Wildman–Crippen LogP) is 2.37. The number of hydrogen-bond acceptors (Lipinski definition) is 6. The first-order valence-electron chi connectivity index (χ1n) is 8.07. The van der Waals surface area contributed by atoms with Crippen LogP contribution >= 0.6 is 0 Å². The number of carbonyl (C=O) groups excluding carboxylic acids is 1. The molecule has 0 aliphatic carbocycles. The van der Waals surface area contributed by atoms with Gasteiger partial charge in [-0.05, 0) is 20.8 Å². The van der Waals surface area contributed by atoms with Gasteiger partial charge in [-0.1, -0.05) is 5.16 Å². The molecule has 26 heavy (non-hydrogen) atoms. The van der Waals surface area contributed by atoms with E-state index in [9.17, 15) is 18.0 Å². The molecule has 0 N–H and O–H groups in total. The van der Waals surface area contributed by atoms with Crippen molar-refractivity contribution in [3.63, 3.8) is 0 Å². The highest BCUT2D eigenvalue weighted by atomic mass is 19.4. The first-order chi connectivity index (χ1) is 12.2. The van der Waals surface area contributed by atoms with Crippen LogP contribution in [-0.2, 0) is 6.18 Å². The van der Waals surface area contributed by atoms with Crippen molar-refractivity contribution in [1.29, 1.82) is 0 Å². The number of piperazine rings is 1. The van der Waals surface area contributed by atoms with Crippen LogP contribution < -0.4 is 4.90 Å². The van der Waals surface area contributed by atoms with Crippen molar-refractivity contribution in [3.8, 4) is 0 Å². The number of alkyl halides is 3. The molecule has 0 spiro atoms. The molecule has 2 aromatic heterocycles. The van der Waals surface area contributed by atoms with E-state index >= 15 is 0 Å². The topological polar surface area (TPSA) is 75.4 Å². The number of hydrogen-bond donors (Lipinski definition) is 0. The lowest BCUT2D eigenvalue weighted by Gasteiger charge is -2.35. The Labute approximate surface area is 147 Å². The van der Waals surface area contributed by atoms with Gasteiger partial charge in [0.1, 0.15) is 28.7 Å². The van der Waals surface area contributed by atoms with E-state index in [0.717, 1.165) is 6.07 Å². The summed E-state index contributed by atoms with van der Waals surface area (Å²) < 4.78 is 43.8. The van der Waals surface area contributed by atoms with Gasteiger partial charge >= 0.3 is 6.18 Å². The molecule has 140 valence electrons.